The van der Waals surface area contributed by atoms with Crippen molar-refractivity contribution in [3.05, 3.63) is 52.6 Å². The molecule has 2 N–H and O–H groups in total. The quantitative estimate of drug-likeness (QED) is 0.361. The van der Waals surface area contributed by atoms with Gasteiger partial charge in [0.2, 0.25) is 5.95 Å². The van der Waals surface area contributed by atoms with E-state index in [4.69, 9.17) is 4.98 Å². The number of rotatable bonds is 7. The first-order valence-corrected chi connectivity index (χ1v) is 12.3. The maximum absolute atomic E-state index is 13.4. The van der Waals surface area contributed by atoms with Gasteiger partial charge in [-0.15, -0.1) is 0 Å². The second-order valence-electron chi connectivity index (χ2n) is 9.25. The van der Waals surface area contributed by atoms with Crippen molar-refractivity contribution in [2.45, 2.75) is 64.8 Å². The van der Waals surface area contributed by atoms with Gasteiger partial charge in [0.25, 0.3) is 5.56 Å². The van der Waals surface area contributed by atoms with Crippen LogP contribution in [0.2, 0.25) is 0 Å². The zero-order valence-corrected chi connectivity index (χ0v) is 20.1. The Bertz CT molecular complexity index is 1180. The van der Waals surface area contributed by atoms with E-state index in [0.717, 1.165) is 50.6 Å². The van der Waals surface area contributed by atoms with E-state index in [0.29, 0.717) is 28.9 Å². The molecule has 2 aliphatic rings. The van der Waals surface area contributed by atoms with Crippen molar-refractivity contribution in [1.29, 1.82) is 0 Å². The molecule has 180 valence electrons. The van der Waals surface area contributed by atoms with Crippen LogP contribution in [-0.4, -0.2) is 39.2 Å². The molecule has 1 aliphatic carbocycles. The Labute approximate surface area is 200 Å². The summed E-state index contributed by atoms with van der Waals surface area (Å²) < 4.78 is 1.72. The molecule has 2 aromatic rings. The molecule has 0 atom stereocenters. The average molecular weight is 463 g/mol. The number of nitrogens with zero attached hydrogens (tertiary/aromatic N) is 4. The predicted molar refractivity (Wildman–Crippen MR) is 137 cm³/mol. The van der Waals surface area contributed by atoms with Crippen molar-refractivity contribution in [3.8, 4) is 0 Å². The van der Waals surface area contributed by atoms with Crippen LogP contribution in [0, 0.1) is 12.8 Å². The molecular formula is C26H34N6O2. The fourth-order valence-corrected chi connectivity index (χ4v) is 5.13. The van der Waals surface area contributed by atoms with Crippen LogP contribution in [-0.2, 0) is 0 Å². The number of aliphatic imine (C=N–C) groups is 1. The molecular weight excluding hydrogens is 428 g/mol. The van der Waals surface area contributed by atoms with Gasteiger partial charge in [-0.2, -0.15) is 4.98 Å². The Kier molecular flexibility index (Phi) is 7.67. The van der Waals surface area contributed by atoms with Crippen molar-refractivity contribution < 1.29 is 4.79 Å². The molecule has 4 rings (SSSR count). The van der Waals surface area contributed by atoms with Crippen LogP contribution in [0.5, 0.6) is 0 Å². The lowest BCUT2D eigenvalue weighted by Crippen LogP contribution is -2.30. The SMILES string of the molecule is C=C/N=C(\C=C/CC1CCNCC1)Nc1ncc2c(C)c(C(C)=O)c(=O)n(C3CCCC3)c2n1. The smallest absolute Gasteiger partial charge is 0.263 e. The van der Waals surface area contributed by atoms with Crippen LogP contribution in [0.4, 0.5) is 5.95 Å². The number of amidine groups is 1. The van der Waals surface area contributed by atoms with Crippen molar-refractivity contribution in [3.63, 3.8) is 0 Å². The number of hydrogen-bond acceptors (Lipinski definition) is 6. The summed E-state index contributed by atoms with van der Waals surface area (Å²) in [4.78, 5) is 39.2. The summed E-state index contributed by atoms with van der Waals surface area (Å²) in [5, 5.41) is 7.30. The zero-order valence-electron chi connectivity index (χ0n) is 20.1. The van der Waals surface area contributed by atoms with Gasteiger partial charge in [0, 0.05) is 23.8 Å². The van der Waals surface area contributed by atoms with Gasteiger partial charge in [-0.25, -0.2) is 9.98 Å². The molecule has 0 radical (unpaired) electrons. The summed E-state index contributed by atoms with van der Waals surface area (Å²) in [5.74, 6) is 1.41. The first-order chi connectivity index (χ1) is 16.5. The van der Waals surface area contributed by atoms with E-state index in [2.05, 4.69) is 33.3 Å². The van der Waals surface area contributed by atoms with Crippen molar-refractivity contribution >= 4 is 28.6 Å². The summed E-state index contributed by atoms with van der Waals surface area (Å²) in [6.07, 6.45) is 14.5. The molecule has 0 amide bonds. The number of carbonyl (C=O) groups excluding carboxylic acids is 1. The molecule has 1 saturated carbocycles. The Hall–Kier alpha value is -3.13. The average Bonchev–Trinajstić information content (AvgIpc) is 3.34. The van der Waals surface area contributed by atoms with Gasteiger partial charge in [0.05, 0.1) is 5.56 Å². The predicted octanol–water partition coefficient (Wildman–Crippen LogP) is 4.32. The van der Waals surface area contributed by atoms with Gasteiger partial charge in [-0.05, 0) is 76.6 Å². The molecule has 0 unspecified atom stereocenters. The maximum Gasteiger partial charge on any atom is 0.263 e. The second-order valence-corrected chi connectivity index (χ2v) is 9.25. The third-order valence-electron chi connectivity index (χ3n) is 6.92. The van der Waals surface area contributed by atoms with Crippen LogP contribution >= 0.6 is 0 Å². The Morgan fingerprint density at radius 2 is 2.03 bits per heavy atom. The molecule has 1 aliphatic heterocycles. The van der Waals surface area contributed by atoms with Gasteiger partial charge >= 0.3 is 0 Å². The van der Waals surface area contributed by atoms with E-state index >= 15 is 0 Å². The van der Waals surface area contributed by atoms with Crippen molar-refractivity contribution in [1.82, 2.24) is 19.9 Å². The number of piperidine rings is 1. The number of aromatic nitrogens is 3. The monoisotopic (exact) mass is 462 g/mol. The van der Waals surface area contributed by atoms with Crippen LogP contribution in [0.15, 0.2) is 40.9 Å². The molecule has 0 bridgehead atoms. The van der Waals surface area contributed by atoms with E-state index in [1.54, 1.807) is 17.7 Å². The first kappa shape index (κ1) is 24.0. The highest BCUT2D eigenvalue weighted by Crippen LogP contribution is 2.31. The van der Waals surface area contributed by atoms with Gasteiger partial charge in [0.1, 0.15) is 11.5 Å². The zero-order chi connectivity index (χ0) is 24.1. The van der Waals surface area contributed by atoms with Gasteiger partial charge < -0.3 is 10.6 Å². The fraction of sp³-hybridized carbons (Fsp3) is 0.500. The molecule has 34 heavy (non-hydrogen) atoms. The molecule has 8 nitrogen and oxygen atoms in total. The van der Waals surface area contributed by atoms with E-state index < -0.39 is 0 Å². The lowest BCUT2D eigenvalue weighted by molar-refractivity contribution is 0.101. The number of allylic oxidation sites excluding steroid dienone is 1. The van der Waals surface area contributed by atoms with Crippen molar-refractivity contribution in [2.75, 3.05) is 18.4 Å². The van der Waals surface area contributed by atoms with Crippen LogP contribution in [0.3, 0.4) is 0 Å². The van der Waals surface area contributed by atoms with Crippen LogP contribution in [0.1, 0.15) is 73.8 Å². The highest BCUT2D eigenvalue weighted by Gasteiger charge is 2.25. The number of pyridine rings is 1. The first-order valence-electron chi connectivity index (χ1n) is 12.3. The summed E-state index contributed by atoms with van der Waals surface area (Å²) in [6.45, 7) is 9.10. The Balaban J connectivity index is 1.67. The van der Waals surface area contributed by atoms with Crippen LogP contribution in [0.25, 0.3) is 11.0 Å². The number of aryl methyl sites for hydroxylation is 1. The topological polar surface area (TPSA) is 101 Å². The Morgan fingerprint density at radius 3 is 2.71 bits per heavy atom. The second kappa shape index (κ2) is 10.9. The molecule has 8 heteroatoms. The lowest BCUT2D eigenvalue weighted by atomic mass is 9.94. The number of carbonyl (C=O) groups is 1. The number of anilines is 1. The maximum atomic E-state index is 13.4. The van der Waals surface area contributed by atoms with E-state index in [9.17, 15) is 9.59 Å². The number of Topliss-reactive ketones (excluding diaryl/α,β-unsaturated/α-hetero) is 1. The summed E-state index contributed by atoms with van der Waals surface area (Å²) in [7, 11) is 0. The highest BCUT2D eigenvalue weighted by atomic mass is 16.1. The third-order valence-corrected chi connectivity index (χ3v) is 6.92. The lowest BCUT2D eigenvalue weighted by Gasteiger charge is -2.21. The largest absolute Gasteiger partial charge is 0.317 e. The number of ketones is 1. The minimum atomic E-state index is -0.254. The van der Waals surface area contributed by atoms with E-state index in [-0.39, 0.29) is 22.9 Å². The highest BCUT2D eigenvalue weighted by molar-refractivity contribution is 6.03. The minimum absolute atomic E-state index is 0.0441. The fourth-order valence-electron chi connectivity index (χ4n) is 5.13. The molecule has 2 fully saturated rings. The van der Waals surface area contributed by atoms with Gasteiger partial charge in [-0.1, -0.05) is 25.5 Å². The third kappa shape index (κ3) is 5.17. The molecule has 3 heterocycles. The summed E-state index contributed by atoms with van der Waals surface area (Å²) >= 11 is 0. The van der Waals surface area contributed by atoms with Crippen molar-refractivity contribution in [2.24, 2.45) is 10.9 Å². The molecule has 1 saturated heterocycles. The van der Waals surface area contributed by atoms with E-state index in [1.165, 1.54) is 26.0 Å². The number of hydrogen-bond donors (Lipinski definition) is 2. The van der Waals surface area contributed by atoms with E-state index in [1.807, 2.05) is 6.08 Å². The number of nitrogens with one attached hydrogen (secondary N) is 2. The Morgan fingerprint density at radius 1 is 1.29 bits per heavy atom. The molecule has 2 aromatic heterocycles. The molecule has 0 spiro atoms. The van der Waals surface area contributed by atoms with Gasteiger partial charge in [-0.3, -0.25) is 14.2 Å². The summed E-state index contributed by atoms with van der Waals surface area (Å²) in [6, 6.07) is 0.0441. The summed E-state index contributed by atoms with van der Waals surface area (Å²) in [5.41, 5.74) is 1.18. The van der Waals surface area contributed by atoms with Crippen LogP contribution < -0.4 is 16.2 Å². The standard InChI is InChI=1S/C26H34N6O2/c1-4-28-22(11-7-8-19-12-14-27-15-13-19)30-26-29-16-21-17(2)23(18(3)33)25(34)32(24(21)31-26)20-9-5-6-10-20/h4,7,11,16,19-20,27H,1,5-6,8-10,12-15H2,2-3H3,(H,28,29,30,31)/b11-7-. The molecule has 0 aromatic carbocycles. The number of fused-ring (bicyclic) bond motifs is 1. The normalized spacial score (nSPS) is 18.1. The minimum Gasteiger partial charge on any atom is -0.317 e. The van der Waals surface area contributed by atoms with Gasteiger partial charge in [0.15, 0.2) is 5.78 Å².